The molecule has 0 aliphatic rings. The lowest BCUT2D eigenvalue weighted by Crippen LogP contribution is -2.10. The van der Waals surface area contributed by atoms with Crippen molar-refractivity contribution in [2.24, 2.45) is 5.73 Å². The Hall–Kier alpha value is -1.81. The first kappa shape index (κ1) is 13.6. The Kier molecular flexibility index (Phi) is 4.22. The Morgan fingerprint density at radius 3 is 2.53 bits per heavy atom. The molecule has 1 aromatic carbocycles. The van der Waals surface area contributed by atoms with E-state index in [1.807, 2.05) is 51.2 Å². The van der Waals surface area contributed by atoms with Crippen LogP contribution in [-0.4, -0.2) is 22.2 Å². The Morgan fingerprint density at radius 1 is 1.26 bits per heavy atom. The zero-order valence-corrected chi connectivity index (χ0v) is 11.8. The molecule has 1 heterocycles. The normalized spacial score (nSPS) is 11.0. The van der Waals surface area contributed by atoms with Crippen molar-refractivity contribution in [3.05, 3.63) is 36.3 Å². The average Bonchev–Trinajstić information content (AvgIpc) is 2.72. The maximum absolute atomic E-state index is 5.63. The van der Waals surface area contributed by atoms with Crippen molar-refractivity contribution < 1.29 is 4.74 Å². The maximum Gasteiger partial charge on any atom is 0.119 e. The molecule has 0 unspecified atom stereocenters. The summed E-state index contributed by atoms with van der Waals surface area (Å²) in [5.41, 5.74) is 7.65. The summed E-state index contributed by atoms with van der Waals surface area (Å²) < 4.78 is 7.71. The van der Waals surface area contributed by atoms with Gasteiger partial charge >= 0.3 is 0 Å². The van der Waals surface area contributed by atoms with Gasteiger partial charge < -0.3 is 15.0 Å². The molecule has 0 saturated carbocycles. The second-order valence-corrected chi connectivity index (χ2v) is 4.85. The molecule has 0 spiro atoms. The molecule has 4 heteroatoms. The molecule has 102 valence electrons. The summed E-state index contributed by atoms with van der Waals surface area (Å²) in [5.74, 6) is 1.87. The summed E-state index contributed by atoms with van der Waals surface area (Å²) in [6, 6.07) is 8.03. The number of aryl methyl sites for hydroxylation is 1. The number of nitrogens with two attached hydrogens (primary N) is 1. The zero-order valence-electron chi connectivity index (χ0n) is 11.8. The lowest BCUT2D eigenvalue weighted by Gasteiger charge is -2.09. The van der Waals surface area contributed by atoms with E-state index in [-0.39, 0.29) is 6.10 Å². The molecule has 0 atom stereocenters. The summed E-state index contributed by atoms with van der Waals surface area (Å²) >= 11 is 0. The average molecular weight is 259 g/mol. The molecule has 0 bridgehead atoms. The molecule has 1 aromatic heterocycles. The van der Waals surface area contributed by atoms with E-state index in [0.717, 1.165) is 29.4 Å². The van der Waals surface area contributed by atoms with Crippen molar-refractivity contribution in [2.75, 3.05) is 6.54 Å². The quantitative estimate of drug-likeness (QED) is 0.898. The molecule has 2 rings (SSSR count). The van der Waals surface area contributed by atoms with Gasteiger partial charge in [-0.15, -0.1) is 0 Å². The molecule has 2 N–H and O–H groups in total. The van der Waals surface area contributed by atoms with Gasteiger partial charge in [0.05, 0.1) is 11.8 Å². The van der Waals surface area contributed by atoms with E-state index in [0.29, 0.717) is 6.54 Å². The maximum atomic E-state index is 5.63. The van der Waals surface area contributed by atoms with Crippen LogP contribution in [0.1, 0.15) is 19.7 Å². The predicted octanol–water partition coefficient (Wildman–Crippen LogP) is 2.60. The third-order valence-electron chi connectivity index (χ3n) is 2.87. The number of aromatic nitrogens is 2. The van der Waals surface area contributed by atoms with Gasteiger partial charge in [-0.25, -0.2) is 4.98 Å². The van der Waals surface area contributed by atoms with E-state index in [1.54, 1.807) is 0 Å². The smallest absolute Gasteiger partial charge is 0.119 e. The third kappa shape index (κ3) is 3.35. The number of rotatable bonds is 5. The van der Waals surface area contributed by atoms with Crippen molar-refractivity contribution >= 4 is 0 Å². The van der Waals surface area contributed by atoms with Gasteiger partial charge in [0.2, 0.25) is 0 Å². The van der Waals surface area contributed by atoms with Gasteiger partial charge in [0, 0.05) is 24.8 Å². The second-order valence-electron chi connectivity index (χ2n) is 4.85. The van der Waals surface area contributed by atoms with Crippen molar-refractivity contribution in [3.63, 3.8) is 0 Å². The molecular weight excluding hydrogens is 238 g/mol. The molecule has 0 fully saturated rings. The molecule has 0 aliphatic heterocycles. The monoisotopic (exact) mass is 259 g/mol. The standard InChI is InChI=1S/C15H21N3O/c1-11(2)19-14-6-4-13(5-7-14)15-10-18(9-8-16)12(3)17-15/h4-7,10-11H,8-9,16H2,1-3H3. The van der Waals surface area contributed by atoms with Crippen LogP contribution in [0.25, 0.3) is 11.3 Å². The van der Waals surface area contributed by atoms with E-state index >= 15 is 0 Å². The Labute approximate surface area is 114 Å². The number of imidazole rings is 1. The van der Waals surface area contributed by atoms with E-state index in [4.69, 9.17) is 10.5 Å². The fourth-order valence-electron chi connectivity index (χ4n) is 1.99. The first-order valence-electron chi connectivity index (χ1n) is 6.61. The van der Waals surface area contributed by atoms with Gasteiger partial charge in [-0.3, -0.25) is 0 Å². The van der Waals surface area contributed by atoms with Crippen molar-refractivity contribution in [3.8, 4) is 17.0 Å². The minimum Gasteiger partial charge on any atom is -0.491 e. The van der Waals surface area contributed by atoms with Crippen LogP contribution >= 0.6 is 0 Å². The number of nitrogens with zero attached hydrogens (tertiary/aromatic N) is 2. The highest BCUT2D eigenvalue weighted by Crippen LogP contribution is 2.22. The third-order valence-corrected chi connectivity index (χ3v) is 2.87. The minimum atomic E-state index is 0.192. The Balaban J connectivity index is 2.19. The van der Waals surface area contributed by atoms with E-state index in [2.05, 4.69) is 9.55 Å². The fourth-order valence-corrected chi connectivity index (χ4v) is 1.99. The van der Waals surface area contributed by atoms with Crippen LogP contribution in [0.2, 0.25) is 0 Å². The van der Waals surface area contributed by atoms with E-state index in [1.165, 1.54) is 0 Å². The molecule has 0 aliphatic carbocycles. The van der Waals surface area contributed by atoms with Crippen molar-refractivity contribution in [1.29, 1.82) is 0 Å². The van der Waals surface area contributed by atoms with Gasteiger partial charge in [0.25, 0.3) is 0 Å². The van der Waals surface area contributed by atoms with Gasteiger partial charge in [0.15, 0.2) is 0 Å². The van der Waals surface area contributed by atoms with Gasteiger partial charge in [-0.05, 0) is 45.0 Å². The van der Waals surface area contributed by atoms with Gasteiger partial charge in [-0.1, -0.05) is 0 Å². The van der Waals surface area contributed by atoms with Crippen LogP contribution in [0.15, 0.2) is 30.5 Å². The van der Waals surface area contributed by atoms with Crippen LogP contribution in [0.5, 0.6) is 5.75 Å². The highest BCUT2D eigenvalue weighted by atomic mass is 16.5. The molecule has 0 radical (unpaired) electrons. The topological polar surface area (TPSA) is 53.1 Å². The van der Waals surface area contributed by atoms with Crippen LogP contribution in [0, 0.1) is 6.92 Å². The zero-order chi connectivity index (χ0) is 13.8. The molecule has 0 saturated heterocycles. The fraction of sp³-hybridized carbons (Fsp3) is 0.400. The number of benzene rings is 1. The van der Waals surface area contributed by atoms with Gasteiger partial charge in [0.1, 0.15) is 11.6 Å². The Morgan fingerprint density at radius 2 is 1.95 bits per heavy atom. The highest BCUT2D eigenvalue weighted by molar-refractivity contribution is 5.59. The number of ether oxygens (including phenoxy) is 1. The summed E-state index contributed by atoms with van der Waals surface area (Å²) in [7, 11) is 0. The molecule has 0 amide bonds. The first-order chi connectivity index (χ1) is 9.10. The van der Waals surface area contributed by atoms with E-state index in [9.17, 15) is 0 Å². The largest absolute Gasteiger partial charge is 0.491 e. The van der Waals surface area contributed by atoms with Crippen molar-refractivity contribution in [1.82, 2.24) is 9.55 Å². The highest BCUT2D eigenvalue weighted by Gasteiger charge is 2.06. The lowest BCUT2D eigenvalue weighted by atomic mass is 10.1. The van der Waals surface area contributed by atoms with Crippen molar-refractivity contribution in [2.45, 2.75) is 33.4 Å². The molecular formula is C15H21N3O. The van der Waals surface area contributed by atoms with Crippen LogP contribution < -0.4 is 10.5 Å². The molecule has 19 heavy (non-hydrogen) atoms. The second kappa shape index (κ2) is 5.89. The molecule has 2 aromatic rings. The first-order valence-corrected chi connectivity index (χ1v) is 6.61. The van der Waals surface area contributed by atoms with Gasteiger partial charge in [-0.2, -0.15) is 0 Å². The summed E-state index contributed by atoms with van der Waals surface area (Å²) in [4.78, 5) is 4.56. The van der Waals surface area contributed by atoms with Crippen LogP contribution in [0.4, 0.5) is 0 Å². The number of hydrogen-bond acceptors (Lipinski definition) is 3. The SMILES string of the molecule is Cc1nc(-c2ccc(OC(C)C)cc2)cn1CCN. The minimum absolute atomic E-state index is 0.192. The molecule has 4 nitrogen and oxygen atoms in total. The summed E-state index contributed by atoms with van der Waals surface area (Å²) in [5, 5.41) is 0. The number of hydrogen-bond donors (Lipinski definition) is 1. The van der Waals surface area contributed by atoms with E-state index < -0.39 is 0 Å². The lowest BCUT2D eigenvalue weighted by molar-refractivity contribution is 0.242. The van der Waals surface area contributed by atoms with Crippen LogP contribution in [-0.2, 0) is 6.54 Å². The summed E-state index contributed by atoms with van der Waals surface area (Å²) in [6.45, 7) is 7.46. The van der Waals surface area contributed by atoms with Crippen LogP contribution in [0.3, 0.4) is 0 Å². The summed E-state index contributed by atoms with van der Waals surface area (Å²) in [6.07, 6.45) is 2.23. The Bertz CT molecular complexity index is 529. The predicted molar refractivity (Wildman–Crippen MR) is 77.2 cm³/mol.